The van der Waals surface area contributed by atoms with Gasteiger partial charge in [0.15, 0.2) is 0 Å². The van der Waals surface area contributed by atoms with E-state index in [1.165, 1.54) is 32.1 Å². The van der Waals surface area contributed by atoms with Gasteiger partial charge in [-0.15, -0.1) is 0 Å². The SMILES string of the molecule is c1cnn(CCCNC(C2CC2)C2CC2)c1. The number of nitrogens with one attached hydrogen (secondary N) is 1. The molecule has 1 aromatic rings. The molecule has 0 aromatic carbocycles. The second-order valence-corrected chi connectivity index (χ2v) is 5.28. The number of nitrogens with zero attached hydrogens (tertiary/aromatic N) is 2. The van der Waals surface area contributed by atoms with E-state index >= 15 is 0 Å². The molecule has 16 heavy (non-hydrogen) atoms. The molecule has 2 fully saturated rings. The summed E-state index contributed by atoms with van der Waals surface area (Å²) in [7, 11) is 0. The molecule has 2 aliphatic rings. The van der Waals surface area contributed by atoms with Crippen LogP contribution in [-0.4, -0.2) is 22.4 Å². The van der Waals surface area contributed by atoms with Crippen LogP contribution >= 0.6 is 0 Å². The van der Waals surface area contributed by atoms with Crippen LogP contribution in [-0.2, 0) is 6.54 Å². The fraction of sp³-hybridized carbons (Fsp3) is 0.769. The van der Waals surface area contributed by atoms with E-state index in [-0.39, 0.29) is 0 Å². The topological polar surface area (TPSA) is 29.9 Å². The van der Waals surface area contributed by atoms with E-state index in [0.29, 0.717) is 0 Å². The maximum atomic E-state index is 4.22. The lowest BCUT2D eigenvalue weighted by Crippen LogP contribution is -2.34. The van der Waals surface area contributed by atoms with Crippen LogP contribution in [0.2, 0.25) is 0 Å². The lowest BCUT2D eigenvalue weighted by molar-refractivity contribution is 0.404. The van der Waals surface area contributed by atoms with E-state index in [1.807, 2.05) is 23.1 Å². The molecule has 1 aromatic heterocycles. The molecule has 1 heterocycles. The van der Waals surface area contributed by atoms with E-state index in [0.717, 1.165) is 31.0 Å². The molecular formula is C13H21N3. The van der Waals surface area contributed by atoms with Gasteiger partial charge < -0.3 is 5.32 Å². The first kappa shape index (κ1) is 10.3. The van der Waals surface area contributed by atoms with Crippen molar-refractivity contribution in [2.45, 2.75) is 44.7 Å². The molecule has 0 radical (unpaired) electrons. The zero-order chi connectivity index (χ0) is 10.8. The Bertz CT molecular complexity index is 300. The number of hydrogen-bond acceptors (Lipinski definition) is 2. The summed E-state index contributed by atoms with van der Waals surface area (Å²) in [5, 5.41) is 7.98. The van der Waals surface area contributed by atoms with Crippen molar-refractivity contribution in [2.75, 3.05) is 6.54 Å². The van der Waals surface area contributed by atoms with E-state index in [4.69, 9.17) is 0 Å². The van der Waals surface area contributed by atoms with Crippen molar-refractivity contribution in [1.29, 1.82) is 0 Å². The zero-order valence-electron chi connectivity index (χ0n) is 9.81. The predicted octanol–water partition coefficient (Wildman–Crippen LogP) is 2.05. The van der Waals surface area contributed by atoms with Crippen LogP contribution in [0.5, 0.6) is 0 Å². The summed E-state index contributed by atoms with van der Waals surface area (Å²) in [6.07, 6.45) is 10.9. The highest BCUT2D eigenvalue weighted by Gasteiger charge is 2.40. The number of hydrogen-bond donors (Lipinski definition) is 1. The molecule has 0 unspecified atom stereocenters. The van der Waals surface area contributed by atoms with E-state index in [2.05, 4.69) is 10.4 Å². The molecule has 0 saturated heterocycles. The summed E-state index contributed by atoms with van der Waals surface area (Å²) in [5.74, 6) is 2.02. The van der Waals surface area contributed by atoms with Crippen LogP contribution in [0.25, 0.3) is 0 Å². The highest BCUT2D eigenvalue weighted by atomic mass is 15.3. The van der Waals surface area contributed by atoms with E-state index in [1.54, 1.807) is 0 Å². The first-order valence-electron chi connectivity index (χ1n) is 6.64. The first-order chi connectivity index (χ1) is 7.93. The van der Waals surface area contributed by atoms with Gasteiger partial charge in [-0.1, -0.05) is 0 Å². The zero-order valence-corrected chi connectivity index (χ0v) is 9.81. The Hall–Kier alpha value is -0.830. The maximum absolute atomic E-state index is 4.22. The van der Waals surface area contributed by atoms with E-state index in [9.17, 15) is 0 Å². The minimum absolute atomic E-state index is 0.845. The van der Waals surface area contributed by atoms with Gasteiger partial charge in [0.25, 0.3) is 0 Å². The fourth-order valence-electron chi connectivity index (χ4n) is 2.57. The molecule has 0 bridgehead atoms. The Morgan fingerprint density at radius 2 is 2.00 bits per heavy atom. The van der Waals surface area contributed by atoms with Gasteiger partial charge >= 0.3 is 0 Å². The molecule has 2 aliphatic carbocycles. The molecule has 0 amide bonds. The third kappa shape index (κ3) is 2.64. The van der Waals surface area contributed by atoms with Crippen LogP contribution < -0.4 is 5.32 Å². The third-order valence-electron chi connectivity index (χ3n) is 3.76. The third-order valence-corrected chi connectivity index (χ3v) is 3.76. The molecule has 3 nitrogen and oxygen atoms in total. The average Bonchev–Trinajstić information content (AvgIpc) is 3.20. The van der Waals surface area contributed by atoms with Crippen LogP contribution in [0.4, 0.5) is 0 Å². The minimum Gasteiger partial charge on any atom is -0.313 e. The lowest BCUT2D eigenvalue weighted by Gasteiger charge is -2.17. The van der Waals surface area contributed by atoms with Crippen LogP contribution in [0.1, 0.15) is 32.1 Å². The Morgan fingerprint density at radius 3 is 2.56 bits per heavy atom. The standard InChI is InChI=1S/C13H21N3/c1(9-16-10-2-8-15-16)7-14-13(11-3-4-11)12-5-6-12/h2,8,10-14H,1,3-7,9H2. The summed E-state index contributed by atoms with van der Waals surface area (Å²) >= 11 is 0. The minimum atomic E-state index is 0.845. The van der Waals surface area contributed by atoms with Crippen molar-refractivity contribution in [3.8, 4) is 0 Å². The van der Waals surface area contributed by atoms with E-state index < -0.39 is 0 Å². The normalized spacial score (nSPS) is 20.6. The number of aryl methyl sites for hydroxylation is 1. The van der Waals surface area contributed by atoms with Crippen LogP contribution in [0.3, 0.4) is 0 Å². The highest BCUT2D eigenvalue weighted by molar-refractivity contribution is 4.96. The van der Waals surface area contributed by atoms with Gasteiger partial charge in [0.05, 0.1) is 0 Å². The summed E-state index contributed by atoms with van der Waals surface area (Å²) in [6, 6.07) is 2.84. The molecule has 0 spiro atoms. The predicted molar refractivity (Wildman–Crippen MR) is 64.1 cm³/mol. The molecule has 0 aliphatic heterocycles. The molecule has 3 heteroatoms. The number of aromatic nitrogens is 2. The largest absolute Gasteiger partial charge is 0.313 e. The van der Waals surface area contributed by atoms with Gasteiger partial charge in [0, 0.05) is 25.0 Å². The maximum Gasteiger partial charge on any atom is 0.0489 e. The van der Waals surface area contributed by atoms with Crippen molar-refractivity contribution >= 4 is 0 Å². The van der Waals surface area contributed by atoms with Gasteiger partial charge in [-0.3, -0.25) is 4.68 Å². The summed E-state index contributed by atoms with van der Waals surface area (Å²) in [4.78, 5) is 0. The Labute approximate surface area is 97.2 Å². The molecular weight excluding hydrogens is 198 g/mol. The van der Waals surface area contributed by atoms with Gasteiger partial charge in [-0.25, -0.2) is 0 Å². The second-order valence-electron chi connectivity index (χ2n) is 5.28. The highest BCUT2D eigenvalue weighted by Crippen LogP contribution is 2.44. The van der Waals surface area contributed by atoms with Crippen molar-refractivity contribution in [3.05, 3.63) is 18.5 Å². The molecule has 3 rings (SSSR count). The lowest BCUT2D eigenvalue weighted by atomic mass is 10.1. The van der Waals surface area contributed by atoms with Crippen molar-refractivity contribution in [2.24, 2.45) is 11.8 Å². The van der Waals surface area contributed by atoms with Crippen LogP contribution in [0.15, 0.2) is 18.5 Å². The van der Waals surface area contributed by atoms with Gasteiger partial charge in [-0.05, 0) is 56.6 Å². The molecule has 1 N–H and O–H groups in total. The van der Waals surface area contributed by atoms with Gasteiger partial charge in [-0.2, -0.15) is 5.10 Å². The fourth-order valence-corrected chi connectivity index (χ4v) is 2.57. The Balaban J connectivity index is 1.35. The second kappa shape index (κ2) is 4.58. The van der Waals surface area contributed by atoms with Crippen molar-refractivity contribution < 1.29 is 0 Å². The van der Waals surface area contributed by atoms with Crippen LogP contribution in [0, 0.1) is 11.8 Å². The monoisotopic (exact) mass is 219 g/mol. The summed E-state index contributed by atoms with van der Waals surface area (Å²) in [5.41, 5.74) is 0. The van der Waals surface area contributed by atoms with Gasteiger partial charge in [0.1, 0.15) is 0 Å². The number of rotatable bonds is 7. The van der Waals surface area contributed by atoms with Crippen molar-refractivity contribution in [1.82, 2.24) is 15.1 Å². The molecule has 0 atom stereocenters. The summed E-state index contributed by atoms with van der Waals surface area (Å²) in [6.45, 7) is 2.19. The Kier molecular flexibility index (Phi) is 2.96. The van der Waals surface area contributed by atoms with Gasteiger partial charge in [0.2, 0.25) is 0 Å². The average molecular weight is 219 g/mol. The van der Waals surface area contributed by atoms with Crippen molar-refractivity contribution in [3.63, 3.8) is 0 Å². The summed E-state index contributed by atoms with van der Waals surface area (Å²) < 4.78 is 2.02. The Morgan fingerprint density at radius 1 is 1.25 bits per heavy atom. The smallest absolute Gasteiger partial charge is 0.0489 e. The quantitative estimate of drug-likeness (QED) is 0.711. The molecule has 88 valence electrons. The molecule has 2 saturated carbocycles. The first-order valence-corrected chi connectivity index (χ1v) is 6.64.